The first-order valence-electron chi connectivity index (χ1n) is 3.81. The summed E-state index contributed by atoms with van der Waals surface area (Å²) >= 11 is 0. The molecule has 0 aromatic carbocycles. The zero-order chi connectivity index (χ0) is 8.27. The third kappa shape index (κ3) is 2.17. The molecule has 0 aromatic rings. The Morgan fingerprint density at radius 1 is 1.82 bits per heavy atom. The van der Waals surface area contributed by atoms with E-state index in [-0.39, 0.29) is 12.0 Å². The molecule has 0 unspecified atom stereocenters. The Hall–Kier alpha value is -0.610. The summed E-state index contributed by atoms with van der Waals surface area (Å²) < 4.78 is 5.29. The minimum Gasteiger partial charge on any atom is -0.373 e. The Bertz CT molecular complexity index is 149. The van der Waals surface area contributed by atoms with Crippen molar-refractivity contribution >= 4 is 5.91 Å². The number of hydrogen-bond donors (Lipinski definition) is 1. The lowest BCUT2D eigenvalue weighted by atomic mass is 10.3. The van der Waals surface area contributed by atoms with Gasteiger partial charge in [-0.1, -0.05) is 0 Å². The lowest BCUT2D eigenvalue weighted by Gasteiger charge is -2.31. The van der Waals surface area contributed by atoms with E-state index in [4.69, 9.17) is 10.5 Å². The van der Waals surface area contributed by atoms with Crippen molar-refractivity contribution in [2.75, 3.05) is 26.2 Å². The molecule has 4 heteroatoms. The molecule has 1 amide bonds. The van der Waals surface area contributed by atoms with E-state index in [0.29, 0.717) is 26.2 Å². The van der Waals surface area contributed by atoms with Crippen LogP contribution in [0.2, 0.25) is 0 Å². The molecule has 0 aliphatic carbocycles. The first-order valence-corrected chi connectivity index (χ1v) is 3.81. The third-order valence-corrected chi connectivity index (χ3v) is 1.85. The van der Waals surface area contributed by atoms with Gasteiger partial charge in [-0.25, -0.2) is 0 Å². The monoisotopic (exact) mass is 158 g/mol. The van der Waals surface area contributed by atoms with Crippen molar-refractivity contribution in [1.29, 1.82) is 0 Å². The number of carbonyl (C=O) groups excluding carboxylic acids is 1. The van der Waals surface area contributed by atoms with E-state index in [2.05, 4.69) is 0 Å². The number of nitrogens with two attached hydrogens (primary N) is 1. The second-order valence-electron chi connectivity index (χ2n) is 2.69. The van der Waals surface area contributed by atoms with Gasteiger partial charge >= 0.3 is 0 Å². The average molecular weight is 158 g/mol. The van der Waals surface area contributed by atoms with Gasteiger partial charge in [0.05, 0.1) is 12.7 Å². The maximum Gasteiger partial charge on any atom is 0.219 e. The molecule has 0 radical (unpaired) electrons. The fourth-order valence-electron chi connectivity index (χ4n) is 1.15. The number of amides is 1. The largest absolute Gasteiger partial charge is 0.373 e. The highest BCUT2D eigenvalue weighted by Crippen LogP contribution is 2.03. The molecule has 0 aromatic heterocycles. The van der Waals surface area contributed by atoms with E-state index < -0.39 is 0 Å². The van der Waals surface area contributed by atoms with Crippen molar-refractivity contribution in [2.24, 2.45) is 5.73 Å². The summed E-state index contributed by atoms with van der Waals surface area (Å²) in [6.07, 6.45) is 0.0349. The van der Waals surface area contributed by atoms with Gasteiger partial charge in [0.2, 0.25) is 5.91 Å². The maximum absolute atomic E-state index is 10.9. The predicted octanol–water partition coefficient (Wildman–Crippen LogP) is -0.808. The van der Waals surface area contributed by atoms with Gasteiger partial charge < -0.3 is 15.4 Å². The lowest BCUT2D eigenvalue weighted by Crippen LogP contribution is -2.47. The van der Waals surface area contributed by atoms with Gasteiger partial charge in [0.25, 0.3) is 0 Å². The van der Waals surface area contributed by atoms with E-state index in [1.807, 2.05) is 0 Å². The van der Waals surface area contributed by atoms with Gasteiger partial charge in [-0.05, 0) is 0 Å². The molecule has 64 valence electrons. The Kier molecular flexibility index (Phi) is 2.84. The highest BCUT2D eigenvalue weighted by molar-refractivity contribution is 5.73. The fraction of sp³-hybridized carbons (Fsp3) is 0.857. The molecule has 1 aliphatic rings. The number of carbonyl (C=O) groups is 1. The van der Waals surface area contributed by atoms with E-state index in [9.17, 15) is 4.79 Å². The molecule has 1 rings (SSSR count). The van der Waals surface area contributed by atoms with Crippen molar-refractivity contribution in [3.05, 3.63) is 0 Å². The van der Waals surface area contributed by atoms with Crippen LogP contribution in [0.4, 0.5) is 0 Å². The number of morpholine rings is 1. The summed E-state index contributed by atoms with van der Waals surface area (Å²) in [7, 11) is 0. The highest BCUT2D eigenvalue weighted by Gasteiger charge is 2.20. The quantitative estimate of drug-likeness (QED) is 0.543. The molecule has 2 N–H and O–H groups in total. The van der Waals surface area contributed by atoms with Crippen molar-refractivity contribution in [3.63, 3.8) is 0 Å². The minimum absolute atomic E-state index is 0.0349. The van der Waals surface area contributed by atoms with Crippen LogP contribution >= 0.6 is 0 Å². The first-order chi connectivity index (χ1) is 5.24. The van der Waals surface area contributed by atoms with Gasteiger partial charge in [0.15, 0.2) is 0 Å². The number of ether oxygens (including phenoxy) is 1. The van der Waals surface area contributed by atoms with Crippen LogP contribution < -0.4 is 5.73 Å². The number of nitrogens with zero attached hydrogens (tertiary/aromatic N) is 1. The molecule has 1 atom stereocenters. The molecule has 1 aliphatic heterocycles. The van der Waals surface area contributed by atoms with Gasteiger partial charge in [-0.2, -0.15) is 0 Å². The normalized spacial score (nSPS) is 25.3. The third-order valence-electron chi connectivity index (χ3n) is 1.85. The van der Waals surface area contributed by atoms with Crippen LogP contribution in [0, 0.1) is 0 Å². The van der Waals surface area contributed by atoms with Crippen molar-refractivity contribution < 1.29 is 9.53 Å². The van der Waals surface area contributed by atoms with E-state index in [1.165, 1.54) is 0 Å². The van der Waals surface area contributed by atoms with Gasteiger partial charge in [-0.3, -0.25) is 4.79 Å². The van der Waals surface area contributed by atoms with Crippen LogP contribution in [0.25, 0.3) is 0 Å². The minimum atomic E-state index is 0.0349. The zero-order valence-electron chi connectivity index (χ0n) is 6.75. The number of rotatable bonds is 1. The fourth-order valence-corrected chi connectivity index (χ4v) is 1.15. The zero-order valence-corrected chi connectivity index (χ0v) is 6.75. The van der Waals surface area contributed by atoms with Crippen molar-refractivity contribution in [1.82, 2.24) is 4.90 Å². The van der Waals surface area contributed by atoms with E-state index in [0.717, 1.165) is 0 Å². The molecular weight excluding hydrogens is 144 g/mol. The predicted molar refractivity (Wildman–Crippen MR) is 41.0 cm³/mol. The molecule has 0 spiro atoms. The topological polar surface area (TPSA) is 55.6 Å². The molecule has 1 fully saturated rings. The van der Waals surface area contributed by atoms with Crippen molar-refractivity contribution in [2.45, 2.75) is 13.0 Å². The Morgan fingerprint density at radius 2 is 2.55 bits per heavy atom. The molecule has 0 bridgehead atoms. The van der Waals surface area contributed by atoms with Crippen LogP contribution in [-0.4, -0.2) is 43.2 Å². The van der Waals surface area contributed by atoms with Crippen molar-refractivity contribution in [3.8, 4) is 0 Å². The summed E-state index contributed by atoms with van der Waals surface area (Å²) in [5.41, 5.74) is 5.40. The Balaban J connectivity index is 2.39. The standard InChI is InChI=1S/C7H14N2O2/c1-6(10)9-2-3-11-7(4-8)5-9/h7H,2-5,8H2,1H3/t7-/m1/s1. The summed E-state index contributed by atoms with van der Waals surface area (Å²) in [6, 6.07) is 0. The summed E-state index contributed by atoms with van der Waals surface area (Å²) in [5, 5.41) is 0. The first kappa shape index (κ1) is 8.49. The molecule has 0 saturated carbocycles. The highest BCUT2D eigenvalue weighted by atomic mass is 16.5. The molecule has 1 heterocycles. The van der Waals surface area contributed by atoms with Crippen LogP contribution in [-0.2, 0) is 9.53 Å². The van der Waals surface area contributed by atoms with Crippen LogP contribution in [0.1, 0.15) is 6.92 Å². The average Bonchev–Trinajstić information content (AvgIpc) is 2.05. The SMILES string of the molecule is CC(=O)N1CCO[C@H](CN)C1. The Labute approximate surface area is 66.3 Å². The maximum atomic E-state index is 10.9. The second-order valence-corrected chi connectivity index (χ2v) is 2.69. The molecular formula is C7H14N2O2. The molecule has 11 heavy (non-hydrogen) atoms. The van der Waals surface area contributed by atoms with Gasteiger partial charge in [-0.15, -0.1) is 0 Å². The van der Waals surface area contributed by atoms with E-state index >= 15 is 0 Å². The van der Waals surface area contributed by atoms with Crippen LogP contribution in [0.15, 0.2) is 0 Å². The van der Waals surface area contributed by atoms with E-state index in [1.54, 1.807) is 11.8 Å². The summed E-state index contributed by atoms with van der Waals surface area (Å²) in [4.78, 5) is 12.7. The summed E-state index contributed by atoms with van der Waals surface area (Å²) in [6.45, 7) is 4.02. The molecule has 1 saturated heterocycles. The van der Waals surface area contributed by atoms with Crippen LogP contribution in [0.5, 0.6) is 0 Å². The number of hydrogen-bond acceptors (Lipinski definition) is 3. The molecule has 4 nitrogen and oxygen atoms in total. The van der Waals surface area contributed by atoms with Gasteiger partial charge in [0.1, 0.15) is 0 Å². The second kappa shape index (κ2) is 3.69. The Morgan fingerprint density at radius 3 is 3.09 bits per heavy atom. The lowest BCUT2D eigenvalue weighted by molar-refractivity contribution is -0.135. The smallest absolute Gasteiger partial charge is 0.219 e. The summed E-state index contributed by atoms with van der Waals surface area (Å²) in [5.74, 6) is 0.103. The van der Waals surface area contributed by atoms with Crippen LogP contribution in [0.3, 0.4) is 0 Å². The van der Waals surface area contributed by atoms with Gasteiger partial charge in [0, 0.05) is 26.6 Å².